The lowest BCUT2D eigenvalue weighted by Gasteiger charge is -1.96. The van der Waals surface area contributed by atoms with Gasteiger partial charge in [0.25, 0.3) is 0 Å². The molecule has 0 aliphatic rings. The first-order chi connectivity index (χ1) is 8.38. The molecule has 4 aromatic rings. The molecule has 0 aliphatic carbocycles. The highest BCUT2D eigenvalue weighted by Crippen LogP contribution is 2.43. The van der Waals surface area contributed by atoms with Crippen LogP contribution in [0.15, 0.2) is 29.0 Å². The third-order valence-electron chi connectivity index (χ3n) is 2.93. The zero-order valence-corrected chi connectivity index (χ0v) is 11.0. The lowest BCUT2D eigenvalue weighted by molar-refractivity contribution is 0.112. The Bertz CT molecular complexity index is 795. The molecule has 0 saturated carbocycles. The van der Waals surface area contributed by atoms with E-state index in [9.17, 15) is 4.79 Å². The van der Waals surface area contributed by atoms with E-state index in [2.05, 4.69) is 22.9 Å². The van der Waals surface area contributed by atoms with Gasteiger partial charge in [-0.05, 0) is 29.0 Å². The van der Waals surface area contributed by atoms with Gasteiger partial charge in [0.05, 0.1) is 4.88 Å². The Labute approximate surface area is 109 Å². The van der Waals surface area contributed by atoms with E-state index in [1.54, 1.807) is 34.0 Å². The summed E-state index contributed by atoms with van der Waals surface area (Å²) in [6.07, 6.45) is 0.947. The van der Waals surface area contributed by atoms with E-state index >= 15 is 0 Å². The van der Waals surface area contributed by atoms with Gasteiger partial charge in [0.2, 0.25) is 0 Å². The predicted octanol–water partition coefficient (Wildman–Crippen LogP) is 5.14. The van der Waals surface area contributed by atoms with Gasteiger partial charge in [-0.25, -0.2) is 0 Å². The monoisotopic (exact) mass is 274 g/mol. The minimum absolute atomic E-state index is 0.813. The normalized spacial score (nSPS) is 11.8. The summed E-state index contributed by atoms with van der Waals surface area (Å²) in [6.45, 7) is 0. The molecule has 4 heteroatoms. The molecule has 0 radical (unpaired) electrons. The van der Waals surface area contributed by atoms with Gasteiger partial charge in [-0.15, -0.1) is 34.0 Å². The number of aldehydes is 1. The second-order valence-electron chi connectivity index (χ2n) is 3.84. The third-order valence-corrected chi connectivity index (χ3v) is 5.92. The van der Waals surface area contributed by atoms with Gasteiger partial charge in [0.15, 0.2) is 6.29 Å². The number of hydrogen-bond acceptors (Lipinski definition) is 4. The van der Waals surface area contributed by atoms with Crippen molar-refractivity contribution in [1.82, 2.24) is 0 Å². The average Bonchev–Trinajstić information content (AvgIpc) is 3.06. The van der Waals surface area contributed by atoms with Crippen LogP contribution in [0.5, 0.6) is 0 Å². The van der Waals surface area contributed by atoms with Crippen molar-refractivity contribution in [3.8, 4) is 0 Å². The summed E-state index contributed by atoms with van der Waals surface area (Å²) in [5, 5.41) is 8.09. The van der Waals surface area contributed by atoms with Crippen molar-refractivity contribution >= 4 is 70.6 Å². The summed E-state index contributed by atoms with van der Waals surface area (Å²) in [4.78, 5) is 11.8. The Kier molecular flexibility index (Phi) is 1.94. The Morgan fingerprint density at radius 1 is 0.882 bits per heavy atom. The third kappa shape index (κ3) is 1.20. The zero-order chi connectivity index (χ0) is 11.4. The summed E-state index contributed by atoms with van der Waals surface area (Å²) >= 11 is 5.13. The van der Waals surface area contributed by atoms with Crippen LogP contribution < -0.4 is 0 Å². The van der Waals surface area contributed by atoms with Crippen LogP contribution in [-0.4, -0.2) is 6.29 Å². The maximum absolute atomic E-state index is 10.9. The Hall–Kier alpha value is -1.23. The molecule has 17 heavy (non-hydrogen) atoms. The van der Waals surface area contributed by atoms with Crippen molar-refractivity contribution in [1.29, 1.82) is 0 Å². The topological polar surface area (TPSA) is 17.1 Å². The number of benzene rings is 1. The minimum Gasteiger partial charge on any atom is -0.297 e. The van der Waals surface area contributed by atoms with Crippen molar-refractivity contribution in [2.75, 3.05) is 0 Å². The maximum atomic E-state index is 10.9. The van der Waals surface area contributed by atoms with Crippen molar-refractivity contribution in [3.63, 3.8) is 0 Å². The van der Waals surface area contributed by atoms with Crippen LogP contribution in [0.1, 0.15) is 9.67 Å². The molecule has 0 atom stereocenters. The van der Waals surface area contributed by atoms with Crippen LogP contribution in [0.3, 0.4) is 0 Å². The number of fused-ring (bicyclic) bond motifs is 6. The number of carbonyl (C=O) groups excluding carboxylic acids is 1. The first-order valence-electron chi connectivity index (χ1n) is 5.13. The fourth-order valence-corrected chi connectivity index (χ4v) is 5.30. The largest absolute Gasteiger partial charge is 0.297 e. The van der Waals surface area contributed by atoms with Gasteiger partial charge in [-0.1, -0.05) is 0 Å². The molecule has 0 aliphatic heterocycles. The Morgan fingerprint density at radius 2 is 1.53 bits per heavy atom. The highest BCUT2D eigenvalue weighted by molar-refractivity contribution is 7.26. The Morgan fingerprint density at radius 3 is 2.24 bits per heavy atom. The molecule has 0 N–H and O–H groups in total. The van der Waals surface area contributed by atoms with Crippen LogP contribution >= 0.6 is 34.0 Å². The van der Waals surface area contributed by atoms with Crippen molar-refractivity contribution in [2.24, 2.45) is 0 Å². The van der Waals surface area contributed by atoms with Crippen LogP contribution in [0.25, 0.3) is 30.3 Å². The van der Waals surface area contributed by atoms with Gasteiger partial charge >= 0.3 is 0 Å². The molecule has 4 rings (SSSR count). The van der Waals surface area contributed by atoms with E-state index in [-0.39, 0.29) is 0 Å². The van der Waals surface area contributed by atoms with Crippen LogP contribution in [-0.2, 0) is 0 Å². The maximum Gasteiger partial charge on any atom is 0.160 e. The number of carbonyl (C=O) groups is 1. The van der Waals surface area contributed by atoms with Crippen LogP contribution in [0, 0.1) is 0 Å². The molecule has 0 bridgehead atoms. The summed E-state index contributed by atoms with van der Waals surface area (Å²) < 4.78 is 3.89. The predicted molar refractivity (Wildman–Crippen MR) is 78.0 cm³/mol. The van der Waals surface area contributed by atoms with E-state index in [4.69, 9.17) is 0 Å². The average molecular weight is 274 g/mol. The number of hydrogen-bond donors (Lipinski definition) is 0. The summed E-state index contributed by atoms with van der Waals surface area (Å²) in [5.74, 6) is 0. The molecule has 1 nitrogen and oxygen atoms in total. The van der Waals surface area contributed by atoms with Crippen molar-refractivity contribution < 1.29 is 4.79 Å². The van der Waals surface area contributed by atoms with Crippen LogP contribution in [0.2, 0.25) is 0 Å². The van der Waals surface area contributed by atoms with E-state index < -0.39 is 0 Å². The molecule has 0 unspecified atom stereocenters. The SMILES string of the molecule is O=Cc1cc2c3sccc3c3sccc3c2s1. The molecule has 0 amide bonds. The molecule has 3 heterocycles. The van der Waals surface area contributed by atoms with Gasteiger partial charge < -0.3 is 0 Å². The van der Waals surface area contributed by atoms with E-state index in [0.717, 1.165) is 11.2 Å². The standard InChI is InChI=1S/C13H6OS3/c14-6-7-5-10-12-8(1-3-16-12)11-9(2-4-15-11)13(10)17-7/h1-6H. The summed E-state index contributed by atoms with van der Waals surface area (Å²) in [5.41, 5.74) is 0. The van der Waals surface area contributed by atoms with Gasteiger partial charge in [-0.2, -0.15) is 0 Å². The molecule has 82 valence electrons. The van der Waals surface area contributed by atoms with E-state index in [0.29, 0.717) is 0 Å². The second kappa shape index (κ2) is 3.38. The van der Waals surface area contributed by atoms with Gasteiger partial charge in [-0.3, -0.25) is 4.79 Å². The van der Waals surface area contributed by atoms with Gasteiger partial charge in [0.1, 0.15) is 0 Å². The van der Waals surface area contributed by atoms with E-state index in [1.165, 1.54) is 30.3 Å². The summed E-state index contributed by atoms with van der Waals surface area (Å²) in [7, 11) is 0. The Balaban J connectivity index is 2.42. The lowest BCUT2D eigenvalue weighted by atomic mass is 10.1. The molecule has 0 fully saturated rings. The van der Waals surface area contributed by atoms with Gasteiger partial charge in [0, 0.05) is 30.3 Å². The molecule has 1 aromatic carbocycles. The zero-order valence-electron chi connectivity index (χ0n) is 8.60. The highest BCUT2D eigenvalue weighted by Gasteiger charge is 2.13. The minimum atomic E-state index is 0.813. The van der Waals surface area contributed by atoms with Crippen molar-refractivity contribution in [3.05, 3.63) is 33.8 Å². The van der Waals surface area contributed by atoms with E-state index in [1.807, 2.05) is 6.07 Å². The van der Waals surface area contributed by atoms with Crippen LogP contribution in [0.4, 0.5) is 0 Å². The molecule has 0 saturated heterocycles. The number of rotatable bonds is 1. The first kappa shape index (κ1) is 9.76. The molecular formula is C13H6OS3. The highest BCUT2D eigenvalue weighted by atomic mass is 32.1. The fourth-order valence-electron chi connectivity index (χ4n) is 2.23. The van der Waals surface area contributed by atoms with Crippen molar-refractivity contribution in [2.45, 2.75) is 0 Å². The summed E-state index contributed by atoms with van der Waals surface area (Å²) in [6, 6.07) is 6.35. The second-order valence-corrected chi connectivity index (χ2v) is 6.75. The quantitative estimate of drug-likeness (QED) is 0.439. The molecule has 0 spiro atoms. The molecular weight excluding hydrogens is 268 g/mol. The first-order valence-corrected chi connectivity index (χ1v) is 7.71. The number of thiophene rings is 3. The smallest absolute Gasteiger partial charge is 0.160 e. The lowest BCUT2D eigenvalue weighted by Crippen LogP contribution is -1.67. The molecule has 3 aromatic heterocycles. The fraction of sp³-hybridized carbons (Fsp3) is 0.